The lowest BCUT2D eigenvalue weighted by Gasteiger charge is -2.19. The van der Waals surface area contributed by atoms with Gasteiger partial charge in [-0.15, -0.1) is 0 Å². The highest BCUT2D eigenvalue weighted by molar-refractivity contribution is 6.42. The van der Waals surface area contributed by atoms with Gasteiger partial charge in [-0.05, 0) is 47.5 Å². The molecule has 5 nitrogen and oxygen atoms in total. The molecule has 0 aliphatic carbocycles. The third-order valence-corrected chi connectivity index (χ3v) is 6.45. The van der Waals surface area contributed by atoms with E-state index < -0.39 is 23.9 Å². The highest BCUT2D eigenvalue weighted by Gasteiger charge is 2.37. The van der Waals surface area contributed by atoms with E-state index in [4.69, 9.17) is 27.9 Å². The van der Waals surface area contributed by atoms with Gasteiger partial charge in [0, 0.05) is 0 Å². The number of nitrogens with zero attached hydrogens (tertiary/aromatic N) is 1. The highest BCUT2D eigenvalue weighted by atomic mass is 35.5. The molecule has 0 spiro atoms. The second-order valence-electron chi connectivity index (χ2n) is 7.91. The van der Waals surface area contributed by atoms with Gasteiger partial charge in [0.05, 0.1) is 32.4 Å². The molecule has 0 saturated carbocycles. The Balaban J connectivity index is 1.45. The van der Waals surface area contributed by atoms with Crippen LogP contribution in [0.15, 0.2) is 97.1 Å². The summed E-state index contributed by atoms with van der Waals surface area (Å²) in [5.74, 6) is -1.67. The van der Waals surface area contributed by atoms with Crippen LogP contribution in [0.1, 0.15) is 48.3 Å². The Kier molecular flexibility index (Phi) is 6.12. The van der Waals surface area contributed by atoms with Crippen molar-refractivity contribution in [3.63, 3.8) is 0 Å². The van der Waals surface area contributed by atoms with Gasteiger partial charge in [-0.2, -0.15) is 0 Å². The molecule has 1 aliphatic rings. The van der Waals surface area contributed by atoms with E-state index in [0.717, 1.165) is 16.0 Å². The molecule has 0 bridgehead atoms. The summed E-state index contributed by atoms with van der Waals surface area (Å²) in [7, 11) is 0. The van der Waals surface area contributed by atoms with Gasteiger partial charge in [0.15, 0.2) is 6.10 Å². The largest absolute Gasteiger partial charge is 0.449 e. The molecule has 0 unspecified atom stereocenters. The fraction of sp³-hybridized carbons (Fsp3) is 0.0357. The monoisotopic (exact) mass is 501 g/mol. The molecule has 172 valence electrons. The molecule has 1 aliphatic heterocycles. The zero-order valence-corrected chi connectivity index (χ0v) is 19.7. The zero-order chi connectivity index (χ0) is 24.5. The maximum Gasteiger partial charge on any atom is 0.339 e. The second kappa shape index (κ2) is 9.37. The predicted octanol–water partition coefficient (Wildman–Crippen LogP) is 6.74. The van der Waals surface area contributed by atoms with Gasteiger partial charge in [-0.3, -0.25) is 9.59 Å². The van der Waals surface area contributed by atoms with Gasteiger partial charge in [-0.1, -0.05) is 83.9 Å². The van der Waals surface area contributed by atoms with Gasteiger partial charge in [0.1, 0.15) is 0 Å². The minimum atomic E-state index is -0.636. The van der Waals surface area contributed by atoms with Crippen molar-refractivity contribution in [1.29, 1.82) is 0 Å². The Morgan fingerprint density at radius 3 is 1.89 bits per heavy atom. The van der Waals surface area contributed by atoms with E-state index in [9.17, 15) is 14.4 Å². The van der Waals surface area contributed by atoms with Crippen LogP contribution in [-0.2, 0) is 4.74 Å². The summed E-state index contributed by atoms with van der Waals surface area (Å²) in [6, 6.07) is 27.6. The quantitative estimate of drug-likeness (QED) is 0.224. The van der Waals surface area contributed by atoms with Crippen molar-refractivity contribution >= 4 is 46.7 Å². The third-order valence-electron chi connectivity index (χ3n) is 5.71. The number of hydrogen-bond acceptors (Lipinski definition) is 4. The van der Waals surface area contributed by atoms with Crippen LogP contribution in [0, 0.1) is 0 Å². The van der Waals surface area contributed by atoms with Gasteiger partial charge in [0.2, 0.25) is 0 Å². The predicted molar refractivity (Wildman–Crippen MR) is 134 cm³/mol. The SMILES string of the molecule is O=C(OC(c1ccccc1)c1ccccc1)c1ccc2c(c1)C(=O)N(c1ccc(Cl)c(Cl)c1)C2=O. The number of rotatable bonds is 5. The number of ether oxygens (including phenoxy) is 1. The molecule has 0 N–H and O–H groups in total. The Labute approximate surface area is 211 Å². The zero-order valence-electron chi connectivity index (χ0n) is 18.2. The van der Waals surface area contributed by atoms with Crippen molar-refractivity contribution in [3.8, 4) is 0 Å². The van der Waals surface area contributed by atoms with E-state index in [-0.39, 0.29) is 21.7 Å². The Bertz CT molecular complexity index is 1420. The molecular formula is C28H17Cl2NO4. The topological polar surface area (TPSA) is 63.7 Å². The molecule has 4 aromatic rings. The van der Waals surface area contributed by atoms with Crippen LogP contribution in [0.25, 0.3) is 0 Å². The number of carbonyl (C=O) groups is 3. The van der Waals surface area contributed by atoms with Crippen LogP contribution in [0.3, 0.4) is 0 Å². The van der Waals surface area contributed by atoms with E-state index in [1.807, 2.05) is 60.7 Å². The average molecular weight is 502 g/mol. The maximum absolute atomic E-state index is 13.2. The smallest absolute Gasteiger partial charge is 0.339 e. The normalized spacial score (nSPS) is 12.7. The van der Waals surface area contributed by atoms with Crippen molar-refractivity contribution < 1.29 is 19.1 Å². The number of hydrogen-bond donors (Lipinski definition) is 0. The lowest BCUT2D eigenvalue weighted by molar-refractivity contribution is 0.0378. The van der Waals surface area contributed by atoms with E-state index in [0.29, 0.717) is 10.7 Å². The summed E-state index contributed by atoms with van der Waals surface area (Å²) in [5.41, 5.74) is 2.39. The maximum atomic E-state index is 13.2. The number of benzene rings is 4. The molecule has 5 rings (SSSR count). The van der Waals surface area contributed by atoms with E-state index in [2.05, 4.69) is 0 Å². The molecule has 0 radical (unpaired) electrons. The number of halogens is 2. The van der Waals surface area contributed by atoms with Crippen LogP contribution in [-0.4, -0.2) is 17.8 Å². The van der Waals surface area contributed by atoms with Gasteiger partial charge >= 0.3 is 5.97 Å². The van der Waals surface area contributed by atoms with Crippen molar-refractivity contribution in [1.82, 2.24) is 0 Å². The molecule has 0 saturated heterocycles. The fourth-order valence-corrected chi connectivity index (χ4v) is 4.28. The van der Waals surface area contributed by atoms with Crippen molar-refractivity contribution in [3.05, 3.63) is 135 Å². The molecule has 7 heteroatoms. The Morgan fingerprint density at radius 2 is 1.29 bits per heavy atom. The van der Waals surface area contributed by atoms with Gasteiger partial charge in [-0.25, -0.2) is 9.69 Å². The number of fused-ring (bicyclic) bond motifs is 1. The molecule has 1 heterocycles. The van der Waals surface area contributed by atoms with Crippen molar-refractivity contribution in [2.75, 3.05) is 4.90 Å². The van der Waals surface area contributed by atoms with Crippen LogP contribution >= 0.6 is 23.2 Å². The van der Waals surface area contributed by atoms with E-state index >= 15 is 0 Å². The fourth-order valence-electron chi connectivity index (χ4n) is 3.99. The number of imide groups is 1. The molecule has 35 heavy (non-hydrogen) atoms. The third kappa shape index (κ3) is 4.32. The lowest BCUT2D eigenvalue weighted by atomic mass is 10.0. The van der Waals surface area contributed by atoms with E-state index in [1.165, 1.54) is 36.4 Å². The van der Waals surface area contributed by atoms with Crippen molar-refractivity contribution in [2.24, 2.45) is 0 Å². The summed E-state index contributed by atoms with van der Waals surface area (Å²) in [6.45, 7) is 0. The molecule has 2 amide bonds. The van der Waals surface area contributed by atoms with Crippen LogP contribution < -0.4 is 4.90 Å². The Morgan fingerprint density at radius 1 is 0.686 bits per heavy atom. The highest BCUT2D eigenvalue weighted by Crippen LogP contribution is 2.34. The Hall–Kier alpha value is -3.93. The minimum absolute atomic E-state index is 0.117. The molecule has 0 aromatic heterocycles. The summed E-state index contributed by atoms with van der Waals surface area (Å²) in [4.78, 5) is 40.2. The lowest BCUT2D eigenvalue weighted by Crippen LogP contribution is -2.29. The number of carbonyl (C=O) groups excluding carboxylic acids is 3. The summed E-state index contributed by atoms with van der Waals surface area (Å²) in [5, 5.41) is 0.529. The summed E-state index contributed by atoms with van der Waals surface area (Å²) in [6.07, 6.45) is -0.636. The average Bonchev–Trinajstić information content (AvgIpc) is 3.14. The first-order valence-electron chi connectivity index (χ1n) is 10.7. The van der Waals surface area contributed by atoms with Crippen molar-refractivity contribution in [2.45, 2.75) is 6.10 Å². The molecule has 0 atom stereocenters. The molecule has 0 fully saturated rings. The first-order valence-corrected chi connectivity index (χ1v) is 11.5. The standard InChI is InChI=1S/C28H17Cl2NO4/c29-23-14-12-20(16-24(23)30)31-26(32)21-13-11-19(15-22(21)27(31)33)28(34)35-25(17-7-3-1-4-8-17)18-9-5-2-6-10-18/h1-16,25H. The summed E-state index contributed by atoms with van der Waals surface area (Å²) < 4.78 is 5.89. The summed E-state index contributed by atoms with van der Waals surface area (Å²) >= 11 is 12.0. The molecular weight excluding hydrogens is 485 g/mol. The minimum Gasteiger partial charge on any atom is -0.449 e. The second-order valence-corrected chi connectivity index (χ2v) is 8.73. The van der Waals surface area contributed by atoms with Crippen LogP contribution in [0.2, 0.25) is 10.0 Å². The van der Waals surface area contributed by atoms with Gasteiger partial charge in [0.25, 0.3) is 11.8 Å². The van der Waals surface area contributed by atoms with Crippen LogP contribution in [0.4, 0.5) is 5.69 Å². The molecule has 4 aromatic carbocycles. The van der Waals surface area contributed by atoms with Crippen LogP contribution in [0.5, 0.6) is 0 Å². The van der Waals surface area contributed by atoms with E-state index in [1.54, 1.807) is 0 Å². The number of anilines is 1. The first-order chi connectivity index (χ1) is 16.9. The first kappa shape index (κ1) is 22.8. The number of esters is 1. The number of amides is 2. The van der Waals surface area contributed by atoms with Gasteiger partial charge < -0.3 is 4.74 Å².